The summed E-state index contributed by atoms with van der Waals surface area (Å²) in [5.74, 6) is -1.29. The van der Waals surface area contributed by atoms with Crippen LogP contribution in [-0.4, -0.2) is 80.2 Å². The lowest BCUT2D eigenvalue weighted by Crippen LogP contribution is -2.33. The van der Waals surface area contributed by atoms with Crippen LogP contribution in [0.4, 0.5) is 30.2 Å². The number of ether oxygens (including phenoxy) is 6. The summed E-state index contributed by atoms with van der Waals surface area (Å²) in [6, 6.07) is 41.2. The molecule has 0 atom stereocenters. The van der Waals surface area contributed by atoms with E-state index in [4.69, 9.17) is 109 Å². The molecule has 103 heavy (non-hydrogen) atoms. The number of anilines is 3. The number of hydrogen-bond donors (Lipinski definition) is 10. The number of rotatable bonds is 18. The quantitative estimate of drug-likeness (QED) is 0.0125. The molecule has 5 amide bonds. The summed E-state index contributed by atoms with van der Waals surface area (Å²) in [6.45, 7) is 1.67. The van der Waals surface area contributed by atoms with E-state index >= 15 is 0 Å². The molecule has 36 heteroatoms. The molecule has 544 valence electrons. The van der Waals surface area contributed by atoms with Gasteiger partial charge in [0.15, 0.2) is 17.2 Å². The number of phenols is 1. The van der Waals surface area contributed by atoms with E-state index in [-0.39, 0.29) is 110 Å². The highest BCUT2D eigenvalue weighted by Crippen LogP contribution is 2.43. The van der Waals surface area contributed by atoms with Gasteiger partial charge in [0, 0.05) is 53.0 Å². The van der Waals surface area contributed by atoms with E-state index in [0.29, 0.717) is 53.6 Å². The number of benzene rings is 9. The molecule has 0 aromatic heterocycles. The predicted molar refractivity (Wildman–Crippen MR) is 399 cm³/mol. The Morgan fingerprint density at radius 3 is 0.990 bits per heavy atom. The number of hydroxylamine groups is 2. The van der Waals surface area contributed by atoms with Gasteiger partial charge < -0.3 is 54.7 Å². The molecule has 0 aliphatic carbocycles. The molecule has 9 aromatic carbocycles. The van der Waals surface area contributed by atoms with Crippen molar-refractivity contribution in [2.24, 2.45) is 5.90 Å². The van der Waals surface area contributed by atoms with Gasteiger partial charge in [0.05, 0.1) is 51.0 Å². The molecule has 0 saturated heterocycles. The maximum Gasteiger partial charge on any atom is 0.397 e. The molecule has 22 nitrogen and oxygen atoms in total. The van der Waals surface area contributed by atoms with Gasteiger partial charge in [0.25, 0.3) is 0 Å². The third-order valence-electron chi connectivity index (χ3n) is 13.0. The normalized spacial score (nSPS) is 10.0. The number of esters is 1. The fourth-order valence-electron chi connectivity index (χ4n) is 8.54. The lowest BCUT2D eigenvalue weighted by atomic mass is 10.0. The SMILES string of the molecule is BrB(Br)Br.CCOC(=O)C(=O)Nc1cc(Cl)c(Oc2ccc(OC)c(Cc3ccc(F)cc3)c2)c(Cl)c1.COc1ccc(Oc2c(Cl)cc(NC(=O)C(=O)NO)cc2Cl)cc1Cc1ccc(F)cc1.Cl.NO.O=C(NO)C(=O)Nc1cc(Cl)c(Oc2ccc(O)c(Cc3ccc(F)cc3)c2)c(Cl)c1. The van der Waals surface area contributed by atoms with E-state index in [9.17, 15) is 47.0 Å². The van der Waals surface area contributed by atoms with Gasteiger partial charge in [-0.3, -0.25) is 34.4 Å². The van der Waals surface area contributed by atoms with Crippen molar-refractivity contribution >= 4 is 185 Å². The Hall–Kier alpha value is -8.24. The van der Waals surface area contributed by atoms with Crippen molar-refractivity contribution in [1.29, 1.82) is 0 Å². The molecule has 0 fully saturated rings. The summed E-state index contributed by atoms with van der Waals surface area (Å²) in [5, 5.41) is 40.9. The maximum atomic E-state index is 13.2. The molecule has 0 radical (unpaired) electrons. The predicted octanol–water partition coefficient (Wildman–Crippen LogP) is 17.6. The Kier molecular flexibility index (Phi) is 37.0. The number of nitrogens with one attached hydrogen (secondary N) is 5. The largest absolute Gasteiger partial charge is 0.508 e. The highest BCUT2D eigenvalue weighted by molar-refractivity contribution is 9.69. The summed E-state index contributed by atoms with van der Waals surface area (Å²) < 4.78 is 72.7. The smallest absolute Gasteiger partial charge is 0.397 e. The molecule has 9 aromatic rings. The zero-order valence-corrected chi connectivity index (χ0v) is 63.3. The van der Waals surface area contributed by atoms with Crippen LogP contribution in [-0.2, 0) is 52.8 Å². The van der Waals surface area contributed by atoms with Crippen LogP contribution in [0.3, 0.4) is 0 Å². The first-order chi connectivity index (χ1) is 48.6. The van der Waals surface area contributed by atoms with Crippen molar-refractivity contribution in [1.82, 2.24) is 11.0 Å². The van der Waals surface area contributed by atoms with Crippen LogP contribution in [0.25, 0.3) is 0 Å². The molecule has 0 saturated carbocycles. The monoisotopic (exact) mass is 1750 g/mol. The van der Waals surface area contributed by atoms with Crippen LogP contribution in [0.5, 0.6) is 51.7 Å². The Bertz CT molecular complexity index is 4350. The highest BCUT2D eigenvalue weighted by Gasteiger charge is 2.22. The highest BCUT2D eigenvalue weighted by atomic mass is 79.9. The summed E-state index contributed by atoms with van der Waals surface area (Å²) in [5.41, 5.74) is 7.59. The van der Waals surface area contributed by atoms with Gasteiger partial charge in [-0.2, -0.15) is 0 Å². The number of phenolic OH excluding ortho intramolecular Hbond substituents is 1. The van der Waals surface area contributed by atoms with Crippen molar-refractivity contribution in [3.05, 3.63) is 245 Å². The summed E-state index contributed by atoms with van der Waals surface area (Å²) in [6.07, 6.45) is 1.30. The first-order valence-electron chi connectivity index (χ1n) is 28.7. The van der Waals surface area contributed by atoms with Crippen molar-refractivity contribution in [3.63, 3.8) is 0 Å². The number of amides is 5. The standard InChI is InChI=1S/C24H20Cl2FNO5.C22H17Cl2FN2O5.C21H15Cl2FN2O5.BBr3.ClH.H3NO/c1-3-32-24(30)23(29)28-17-12-19(25)22(20(26)13-17)33-18-8-9-21(31-2)15(11-18)10-14-4-6-16(27)7-5-14;1-31-19-7-6-16(9-13(19)8-12-2-4-14(25)5-3-12)32-20-17(23)10-15(11-18(20)24)26-21(28)22(29)27-30;22-16-9-14(25-20(28)21(29)26-30)10-17(23)19(16)31-15-5-6-18(27)12(8-15)7-11-1-3-13(24)4-2-11;2-1(3)4;;1-2/h4-9,11-13H,3,10H2,1-2H3,(H,28,29);2-7,9-11,30H,8H2,1H3,(H,26,28)(H,27,29);1-6,8-10,27,30H,7H2,(H,25,28)(H,26,29);;1H;2H,1H2. The van der Waals surface area contributed by atoms with Gasteiger partial charge in [-0.05, 0) is 151 Å². The number of halogens is 13. The topological polar surface area (TPSA) is 325 Å². The Labute approximate surface area is 647 Å². The summed E-state index contributed by atoms with van der Waals surface area (Å²) >= 11 is 46.9. The van der Waals surface area contributed by atoms with Crippen LogP contribution < -0.4 is 56.5 Å². The van der Waals surface area contributed by atoms with Gasteiger partial charge in [-0.15, -0.1) is 59.7 Å². The Balaban J connectivity index is 0.000000313. The third kappa shape index (κ3) is 28.1. The molecule has 0 aliphatic rings. The van der Waals surface area contributed by atoms with E-state index in [2.05, 4.69) is 73.9 Å². The fraction of sp³-hybridized carbons (Fsp3) is 0.104. The Morgan fingerprint density at radius 1 is 0.437 bits per heavy atom. The molecular formula is C67H56BBr3Cl7F3N6O16. The van der Waals surface area contributed by atoms with E-state index in [0.717, 1.165) is 27.8 Å². The molecule has 0 unspecified atom stereocenters. The molecule has 0 spiro atoms. The van der Waals surface area contributed by atoms with E-state index in [1.165, 1.54) is 95.9 Å². The van der Waals surface area contributed by atoms with Gasteiger partial charge in [-0.25, -0.2) is 34.8 Å². The zero-order chi connectivity index (χ0) is 75.3. The number of nitrogens with two attached hydrogens (primary N) is 1. The average molecular weight is 1760 g/mol. The van der Waals surface area contributed by atoms with Crippen LogP contribution in [0.1, 0.15) is 40.3 Å². The van der Waals surface area contributed by atoms with Gasteiger partial charge in [0.1, 0.15) is 51.9 Å². The van der Waals surface area contributed by atoms with Crippen molar-refractivity contribution in [3.8, 4) is 51.7 Å². The second kappa shape index (κ2) is 43.8. The van der Waals surface area contributed by atoms with E-state index < -0.39 is 35.5 Å². The summed E-state index contributed by atoms with van der Waals surface area (Å²) in [7, 11) is 3.10. The zero-order valence-electron chi connectivity index (χ0n) is 53.2. The molecule has 11 N–H and O–H groups in total. The minimum atomic E-state index is -1.26. The van der Waals surface area contributed by atoms with Gasteiger partial charge >= 0.3 is 38.7 Å². The molecule has 0 aliphatic heterocycles. The third-order valence-corrected chi connectivity index (χ3v) is 14.7. The first-order valence-corrected chi connectivity index (χ1v) is 33.7. The lowest BCUT2D eigenvalue weighted by Gasteiger charge is -2.14. The van der Waals surface area contributed by atoms with Crippen LogP contribution >= 0.6 is 129 Å². The van der Waals surface area contributed by atoms with Gasteiger partial charge in [-0.1, -0.05) is 106 Å². The number of methoxy groups -OCH3 is 2. The van der Waals surface area contributed by atoms with Crippen LogP contribution in [0, 0.1) is 17.5 Å². The molecule has 0 bridgehead atoms. The average Bonchev–Trinajstić information content (AvgIpc) is 0.831. The van der Waals surface area contributed by atoms with Gasteiger partial charge in [0.2, 0.25) is 0 Å². The fourth-order valence-corrected chi connectivity index (χ4v) is 10.2. The molecular weight excluding hydrogens is 1700 g/mol. The van der Waals surface area contributed by atoms with E-state index in [1.54, 1.807) is 100 Å². The molecule has 9 rings (SSSR count). The van der Waals surface area contributed by atoms with E-state index in [1.807, 2.05) is 0 Å². The lowest BCUT2D eigenvalue weighted by molar-refractivity contribution is -0.152. The maximum absolute atomic E-state index is 13.2. The number of aromatic hydroxyl groups is 1. The second-order valence-corrected chi connectivity index (χ2v) is 28.8. The Morgan fingerprint density at radius 2 is 0.709 bits per heavy atom. The van der Waals surface area contributed by atoms with Crippen molar-refractivity contribution in [2.75, 3.05) is 36.8 Å². The minimum absolute atomic E-state index is 0. The number of hydrogen-bond acceptors (Lipinski definition) is 17. The first kappa shape index (κ1) is 87.2. The number of carbonyl (C=O) groups excluding carboxylic acids is 6. The second-order valence-electron chi connectivity index (χ2n) is 20.0. The minimum Gasteiger partial charge on any atom is -0.508 e. The van der Waals surface area contributed by atoms with Crippen LogP contribution in [0.15, 0.2) is 164 Å². The van der Waals surface area contributed by atoms with Crippen molar-refractivity contribution in [2.45, 2.75) is 26.2 Å². The van der Waals surface area contributed by atoms with Crippen LogP contribution in [0.2, 0.25) is 30.1 Å². The molecule has 0 heterocycles. The number of carbonyl (C=O) groups is 6. The van der Waals surface area contributed by atoms with Crippen molar-refractivity contribution < 1.29 is 91.1 Å². The summed E-state index contributed by atoms with van der Waals surface area (Å²) in [4.78, 5) is 68.7.